The molecule has 356 valence electrons. The molecule has 0 N–H and O–H groups in total. The fraction of sp³-hybridized carbons (Fsp3) is 0.290. The molecular weight excluding hydrogens is 887 g/mol. The van der Waals surface area contributed by atoms with E-state index >= 15 is 0 Å². The van der Waals surface area contributed by atoms with Crippen LogP contribution in [0.1, 0.15) is 88.2 Å². The molecule has 8 fully saturated rings. The third kappa shape index (κ3) is 7.03. The van der Waals surface area contributed by atoms with Gasteiger partial charge in [-0.25, -0.2) is 15.0 Å². The molecule has 0 unspecified atom stereocenters. The lowest BCUT2D eigenvalue weighted by Gasteiger charge is -2.57. The summed E-state index contributed by atoms with van der Waals surface area (Å²) in [7, 11) is 0. The predicted octanol–water partition coefficient (Wildman–Crippen LogP) is 17.9. The molecule has 8 saturated carbocycles. The first-order chi connectivity index (χ1) is 35.9. The van der Waals surface area contributed by atoms with E-state index in [1.807, 2.05) is 0 Å². The lowest BCUT2D eigenvalue weighted by atomic mass is 9.48. The summed E-state index contributed by atoms with van der Waals surface area (Å²) < 4.78 is 6.96. The van der Waals surface area contributed by atoms with Gasteiger partial charge in [-0.2, -0.15) is 0 Å². The van der Waals surface area contributed by atoms with Gasteiger partial charge in [0.25, 0.3) is 0 Å². The first kappa shape index (κ1) is 42.3. The molecule has 4 nitrogen and oxygen atoms in total. The molecule has 2 heterocycles. The minimum absolute atomic E-state index is 0.311. The third-order valence-electron chi connectivity index (χ3n) is 19.4. The van der Waals surface area contributed by atoms with Crippen molar-refractivity contribution < 1.29 is 4.42 Å². The number of rotatable bonds is 8. The molecule has 2 aromatic heterocycles. The van der Waals surface area contributed by atoms with Crippen molar-refractivity contribution in [3.8, 4) is 67.5 Å². The Morgan fingerprint density at radius 2 is 0.753 bits per heavy atom. The zero-order valence-corrected chi connectivity index (χ0v) is 41.4. The summed E-state index contributed by atoms with van der Waals surface area (Å²) in [5.74, 6) is 7.32. The van der Waals surface area contributed by atoms with E-state index in [-0.39, 0.29) is 0 Å². The average Bonchev–Trinajstić information content (AvgIpc) is 3.82. The number of nitrogens with zero attached hydrogens (tertiary/aromatic N) is 3. The number of hydrogen-bond acceptors (Lipinski definition) is 4. The van der Waals surface area contributed by atoms with Crippen molar-refractivity contribution in [3.05, 3.63) is 187 Å². The highest BCUT2D eigenvalue weighted by Crippen LogP contribution is 2.62. The Morgan fingerprint density at radius 1 is 0.315 bits per heavy atom. The van der Waals surface area contributed by atoms with Gasteiger partial charge in [-0.3, -0.25) is 0 Å². The van der Waals surface area contributed by atoms with Crippen LogP contribution < -0.4 is 0 Å². The highest BCUT2D eigenvalue weighted by Gasteiger charge is 2.52. The zero-order chi connectivity index (χ0) is 47.8. The molecule has 4 heteroatoms. The van der Waals surface area contributed by atoms with Crippen molar-refractivity contribution in [1.29, 1.82) is 0 Å². The first-order valence-corrected chi connectivity index (χ1v) is 27.6. The van der Waals surface area contributed by atoms with Gasteiger partial charge in [0, 0.05) is 27.3 Å². The van der Waals surface area contributed by atoms with Gasteiger partial charge < -0.3 is 4.42 Å². The Labute approximate surface area is 428 Å². The molecule has 8 aliphatic rings. The smallest absolute Gasteiger partial charge is 0.167 e. The van der Waals surface area contributed by atoms with Gasteiger partial charge in [-0.1, -0.05) is 140 Å². The number of fused-ring (bicyclic) bond motifs is 5. The molecule has 8 aliphatic carbocycles. The summed E-state index contributed by atoms with van der Waals surface area (Å²) in [6, 6.07) is 65.2. The topological polar surface area (TPSA) is 51.8 Å². The van der Waals surface area contributed by atoms with Gasteiger partial charge in [-0.05, 0) is 210 Å². The van der Waals surface area contributed by atoms with Crippen LogP contribution in [0.2, 0.25) is 0 Å². The van der Waals surface area contributed by atoms with Crippen LogP contribution >= 0.6 is 0 Å². The Balaban J connectivity index is 0.864. The van der Waals surface area contributed by atoms with Crippen molar-refractivity contribution >= 4 is 32.7 Å². The van der Waals surface area contributed by atoms with Crippen molar-refractivity contribution in [3.63, 3.8) is 0 Å². The molecule has 0 aliphatic heterocycles. The monoisotopic (exact) mass is 945 g/mol. The second-order valence-electron chi connectivity index (χ2n) is 24.1. The van der Waals surface area contributed by atoms with E-state index < -0.39 is 0 Å². The van der Waals surface area contributed by atoms with Crippen LogP contribution in [-0.2, 0) is 10.8 Å². The first-order valence-electron chi connectivity index (χ1n) is 27.6. The lowest BCUT2D eigenvalue weighted by Crippen LogP contribution is -2.48. The van der Waals surface area contributed by atoms with E-state index in [1.54, 1.807) is 5.56 Å². The highest BCUT2D eigenvalue weighted by atomic mass is 16.3. The maximum Gasteiger partial charge on any atom is 0.167 e. The summed E-state index contributed by atoms with van der Waals surface area (Å²) in [5, 5.41) is 4.41. The Hall–Kier alpha value is -7.17. The zero-order valence-electron chi connectivity index (χ0n) is 41.4. The molecule has 10 aromatic rings. The molecular formula is C69H59N3O. The molecule has 0 radical (unpaired) electrons. The summed E-state index contributed by atoms with van der Waals surface area (Å²) in [5.41, 5.74) is 15.3. The van der Waals surface area contributed by atoms with Crippen LogP contribution in [0.4, 0.5) is 0 Å². The number of aromatic nitrogens is 3. The van der Waals surface area contributed by atoms with E-state index in [1.165, 1.54) is 99.3 Å². The summed E-state index contributed by atoms with van der Waals surface area (Å²) >= 11 is 0. The van der Waals surface area contributed by atoms with Crippen LogP contribution in [0.25, 0.3) is 100 Å². The molecule has 18 rings (SSSR count). The summed E-state index contributed by atoms with van der Waals surface area (Å²) in [6.45, 7) is 0. The van der Waals surface area contributed by atoms with Crippen molar-refractivity contribution in [2.45, 2.75) is 87.9 Å². The van der Waals surface area contributed by atoms with Gasteiger partial charge in [0.15, 0.2) is 17.5 Å². The molecule has 0 atom stereocenters. The average molecular weight is 946 g/mol. The molecule has 73 heavy (non-hydrogen) atoms. The van der Waals surface area contributed by atoms with Crippen LogP contribution in [0.5, 0.6) is 0 Å². The van der Waals surface area contributed by atoms with Crippen LogP contribution in [0.3, 0.4) is 0 Å². The van der Waals surface area contributed by atoms with Gasteiger partial charge in [0.1, 0.15) is 11.2 Å². The van der Waals surface area contributed by atoms with E-state index in [2.05, 4.69) is 176 Å². The maximum atomic E-state index is 6.96. The second kappa shape index (κ2) is 16.2. The molecule has 0 saturated heterocycles. The van der Waals surface area contributed by atoms with Crippen molar-refractivity contribution in [1.82, 2.24) is 15.0 Å². The Bertz CT molecular complexity index is 3740. The maximum absolute atomic E-state index is 6.96. The molecule has 8 aromatic carbocycles. The fourth-order valence-electron chi connectivity index (χ4n) is 17.0. The molecule has 8 bridgehead atoms. The SMILES string of the molecule is c1ccc(-c2cccc(-c3cc(-c4ccc(C56CC7CC(CC(C7)C5)C6)cc4)cc(-c4nc(-c5ccc(C67CC8CC(CC(C8)C6)C7)cc5)nc(-c5cccc6c5oc5c7ccccc7ccc65)n4)c3)c2)cc1. The summed E-state index contributed by atoms with van der Waals surface area (Å²) in [4.78, 5) is 16.4. The van der Waals surface area contributed by atoms with E-state index in [4.69, 9.17) is 19.4 Å². The third-order valence-corrected chi connectivity index (χ3v) is 19.4. The fourth-order valence-corrected chi connectivity index (χ4v) is 17.0. The predicted molar refractivity (Wildman–Crippen MR) is 297 cm³/mol. The van der Waals surface area contributed by atoms with Gasteiger partial charge in [0.05, 0.1) is 5.56 Å². The van der Waals surface area contributed by atoms with Crippen LogP contribution in [0.15, 0.2) is 180 Å². The van der Waals surface area contributed by atoms with Crippen molar-refractivity contribution in [2.75, 3.05) is 0 Å². The van der Waals surface area contributed by atoms with Crippen molar-refractivity contribution in [2.24, 2.45) is 35.5 Å². The normalized spacial score (nSPS) is 26.6. The van der Waals surface area contributed by atoms with Crippen LogP contribution in [-0.4, -0.2) is 15.0 Å². The lowest BCUT2D eigenvalue weighted by molar-refractivity contribution is -0.00530. The van der Waals surface area contributed by atoms with Crippen LogP contribution in [0, 0.1) is 35.5 Å². The van der Waals surface area contributed by atoms with E-state index in [9.17, 15) is 0 Å². The Morgan fingerprint density at radius 3 is 1.38 bits per heavy atom. The quantitative estimate of drug-likeness (QED) is 0.152. The van der Waals surface area contributed by atoms with Gasteiger partial charge >= 0.3 is 0 Å². The number of furan rings is 1. The molecule has 0 spiro atoms. The van der Waals surface area contributed by atoms with Gasteiger partial charge in [0.2, 0.25) is 0 Å². The van der Waals surface area contributed by atoms with E-state index in [0.717, 1.165) is 102 Å². The largest absolute Gasteiger partial charge is 0.455 e. The number of para-hydroxylation sites is 1. The van der Waals surface area contributed by atoms with E-state index in [0.29, 0.717) is 28.3 Å². The highest BCUT2D eigenvalue weighted by molar-refractivity contribution is 6.17. The Kier molecular flexibility index (Phi) is 9.38. The van der Waals surface area contributed by atoms with Gasteiger partial charge in [-0.15, -0.1) is 0 Å². The minimum atomic E-state index is 0.311. The second-order valence-corrected chi connectivity index (χ2v) is 24.1. The summed E-state index contributed by atoms with van der Waals surface area (Å²) in [6.07, 6.45) is 16.8. The minimum Gasteiger partial charge on any atom is -0.455 e. The molecule has 0 amide bonds. The number of hydrogen-bond donors (Lipinski definition) is 0. The number of benzene rings is 8. The standard InChI is InChI=1S/C69H59N3O/c1-2-8-48(9-3-1)52-11-6-12-53(32-52)55-33-54(49-16-21-57(22-17-49)68-36-42-26-43(37-68)28-44(27-42)38-68)34-56(35-55)66-70-65(51-18-23-58(24-19-51)69-39-45-29-46(40-69)31-47(30-45)41-69)71-67(72-66)62-15-7-14-60-61-25-20-50-10-4-5-13-59(50)63(61)73-64(60)62/h1-25,32-35,42-47H,26-31,36-41H2.